The van der Waals surface area contributed by atoms with Crippen LogP contribution >= 0.6 is 15.9 Å². The maximum absolute atomic E-state index is 10.1. The Hall–Kier alpha value is -0.390. The van der Waals surface area contributed by atoms with Gasteiger partial charge in [-0.05, 0) is 24.3 Å². The third kappa shape index (κ3) is 3.00. The van der Waals surface area contributed by atoms with Gasteiger partial charge < -0.3 is 4.18 Å². The average Bonchev–Trinajstić information content (AvgIpc) is 1.93. The van der Waals surface area contributed by atoms with Crippen LogP contribution in [0.3, 0.4) is 0 Å². The van der Waals surface area contributed by atoms with Crippen molar-refractivity contribution in [1.82, 2.24) is 0 Å². The maximum Gasteiger partial charge on any atom is 0.357 e. The summed E-state index contributed by atoms with van der Waals surface area (Å²) in [5.41, 5.74) is 0. The van der Waals surface area contributed by atoms with Crippen molar-refractivity contribution < 1.29 is 12.9 Å². The summed E-state index contributed by atoms with van der Waals surface area (Å²) in [6.07, 6.45) is 0. The highest BCUT2D eigenvalue weighted by atomic mass is 79.9. The molecule has 11 heavy (non-hydrogen) atoms. The van der Waals surface area contributed by atoms with Crippen LogP contribution in [-0.2, 0) is 11.4 Å². The van der Waals surface area contributed by atoms with Gasteiger partial charge in [-0.15, -0.1) is 0 Å². The fraction of sp³-hybridized carbons (Fsp3) is 0. The summed E-state index contributed by atoms with van der Waals surface area (Å²) < 4.78 is 23.8. The summed E-state index contributed by atoms with van der Waals surface area (Å²) in [6.45, 7) is 0. The molecule has 0 aliphatic heterocycles. The normalized spacial score (nSPS) is 12.5. The Bertz CT molecular complexity index is 259. The van der Waals surface area contributed by atoms with Gasteiger partial charge in [0, 0.05) is 4.47 Å². The molecule has 5 heteroatoms. The minimum absolute atomic E-state index is 0.369. The van der Waals surface area contributed by atoms with Crippen LogP contribution in [0.5, 0.6) is 5.75 Å². The van der Waals surface area contributed by atoms with Gasteiger partial charge in [-0.3, -0.25) is 4.55 Å². The molecule has 1 atom stereocenters. The molecule has 0 saturated carbocycles. The van der Waals surface area contributed by atoms with Crippen LogP contribution in [0.25, 0.3) is 0 Å². The molecule has 1 N–H and O–H groups in total. The predicted octanol–water partition coefficient (Wildman–Crippen LogP) is 1.96. The van der Waals surface area contributed by atoms with Gasteiger partial charge in [-0.1, -0.05) is 15.9 Å². The highest BCUT2D eigenvalue weighted by Gasteiger charge is 1.96. The van der Waals surface area contributed by atoms with E-state index in [1.54, 1.807) is 24.3 Å². The predicted molar refractivity (Wildman–Crippen MR) is 45.5 cm³/mol. The molecule has 0 bridgehead atoms. The Kier molecular flexibility index (Phi) is 3.04. The fourth-order valence-corrected chi connectivity index (χ4v) is 1.11. The molecule has 1 rings (SSSR count). The monoisotopic (exact) mass is 236 g/mol. The van der Waals surface area contributed by atoms with Gasteiger partial charge >= 0.3 is 11.4 Å². The zero-order valence-corrected chi connectivity index (χ0v) is 7.76. The lowest BCUT2D eigenvalue weighted by atomic mass is 10.3. The number of benzene rings is 1. The summed E-state index contributed by atoms with van der Waals surface area (Å²) in [6, 6.07) is 6.64. The van der Waals surface area contributed by atoms with E-state index in [0.717, 1.165) is 4.47 Å². The Balaban J connectivity index is 2.74. The number of hydrogen-bond donors (Lipinski definition) is 1. The minimum Gasteiger partial charge on any atom is -0.380 e. The second-order valence-corrected chi connectivity index (χ2v) is 3.27. The SMILES string of the molecule is O=S(O)Oc1ccc(Br)cc1. The van der Waals surface area contributed by atoms with E-state index in [1.165, 1.54) is 0 Å². The molecule has 0 aliphatic carbocycles. The molecule has 0 heterocycles. The maximum atomic E-state index is 10.1. The van der Waals surface area contributed by atoms with Crippen molar-refractivity contribution in [1.29, 1.82) is 0 Å². The van der Waals surface area contributed by atoms with Crippen molar-refractivity contribution in [3.05, 3.63) is 28.7 Å². The first-order chi connectivity index (χ1) is 5.18. The molecule has 0 amide bonds. The van der Waals surface area contributed by atoms with Crippen LogP contribution in [0, 0.1) is 0 Å². The smallest absolute Gasteiger partial charge is 0.357 e. The highest BCUT2D eigenvalue weighted by molar-refractivity contribution is 9.10. The average molecular weight is 237 g/mol. The van der Waals surface area contributed by atoms with Crippen molar-refractivity contribution in [2.75, 3.05) is 0 Å². The van der Waals surface area contributed by atoms with E-state index in [2.05, 4.69) is 20.1 Å². The molecule has 60 valence electrons. The van der Waals surface area contributed by atoms with Gasteiger partial charge in [-0.2, -0.15) is 4.21 Å². The van der Waals surface area contributed by atoms with Crippen molar-refractivity contribution in [2.24, 2.45) is 0 Å². The molecule has 1 aromatic rings. The summed E-state index contributed by atoms with van der Waals surface area (Å²) in [5.74, 6) is 0.369. The Morgan fingerprint density at radius 1 is 1.36 bits per heavy atom. The molecule has 0 aliphatic rings. The zero-order chi connectivity index (χ0) is 8.27. The Labute approximate surface area is 75.0 Å². The van der Waals surface area contributed by atoms with Crippen molar-refractivity contribution >= 4 is 27.3 Å². The van der Waals surface area contributed by atoms with Gasteiger partial charge in [0.1, 0.15) is 5.75 Å². The van der Waals surface area contributed by atoms with E-state index >= 15 is 0 Å². The van der Waals surface area contributed by atoms with Gasteiger partial charge in [0.25, 0.3) is 0 Å². The first kappa shape index (κ1) is 8.70. The third-order valence-electron chi connectivity index (χ3n) is 0.981. The first-order valence-electron chi connectivity index (χ1n) is 2.73. The molecule has 3 nitrogen and oxygen atoms in total. The zero-order valence-electron chi connectivity index (χ0n) is 5.36. The van der Waals surface area contributed by atoms with Gasteiger partial charge in [-0.25, -0.2) is 0 Å². The van der Waals surface area contributed by atoms with Crippen LogP contribution in [0.1, 0.15) is 0 Å². The largest absolute Gasteiger partial charge is 0.380 e. The van der Waals surface area contributed by atoms with Crippen molar-refractivity contribution in [3.8, 4) is 5.75 Å². The van der Waals surface area contributed by atoms with Crippen molar-refractivity contribution in [3.63, 3.8) is 0 Å². The lowest BCUT2D eigenvalue weighted by Crippen LogP contribution is -1.96. The van der Waals surface area contributed by atoms with E-state index in [0.29, 0.717) is 5.75 Å². The van der Waals surface area contributed by atoms with Crippen LogP contribution in [-0.4, -0.2) is 8.76 Å². The quantitative estimate of drug-likeness (QED) is 0.800. The Morgan fingerprint density at radius 3 is 2.36 bits per heavy atom. The van der Waals surface area contributed by atoms with Crippen molar-refractivity contribution in [2.45, 2.75) is 0 Å². The summed E-state index contributed by atoms with van der Waals surface area (Å²) in [5, 5.41) is 0. The van der Waals surface area contributed by atoms with E-state index in [9.17, 15) is 4.21 Å². The summed E-state index contributed by atoms with van der Waals surface area (Å²) in [7, 11) is 0. The van der Waals surface area contributed by atoms with Gasteiger partial charge in [0.15, 0.2) is 0 Å². The number of hydrogen-bond acceptors (Lipinski definition) is 2. The van der Waals surface area contributed by atoms with Gasteiger partial charge in [0.2, 0.25) is 0 Å². The number of halogens is 1. The van der Waals surface area contributed by atoms with E-state index in [-0.39, 0.29) is 0 Å². The topological polar surface area (TPSA) is 46.5 Å². The first-order valence-corrected chi connectivity index (χ1v) is 4.56. The summed E-state index contributed by atoms with van der Waals surface area (Å²) >= 11 is 0.979. The van der Waals surface area contributed by atoms with Crippen LogP contribution in [0.15, 0.2) is 28.7 Å². The molecule has 0 aromatic heterocycles. The van der Waals surface area contributed by atoms with Crippen LogP contribution in [0.2, 0.25) is 0 Å². The fourth-order valence-electron chi connectivity index (χ4n) is 0.572. The molecule has 1 aromatic carbocycles. The third-order valence-corrected chi connectivity index (χ3v) is 1.84. The lowest BCUT2D eigenvalue weighted by Gasteiger charge is -1.97. The van der Waals surface area contributed by atoms with E-state index in [1.807, 2.05) is 0 Å². The molecule has 1 unspecified atom stereocenters. The second kappa shape index (κ2) is 3.85. The summed E-state index contributed by atoms with van der Waals surface area (Å²) in [4.78, 5) is 0. The molecule has 0 spiro atoms. The van der Waals surface area contributed by atoms with E-state index < -0.39 is 11.4 Å². The van der Waals surface area contributed by atoms with E-state index in [4.69, 9.17) is 4.55 Å². The Morgan fingerprint density at radius 2 is 1.91 bits per heavy atom. The second-order valence-electron chi connectivity index (χ2n) is 1.75. The molecular weight excluding hydrogens is 232 g/mol. The number of rotatable bonds is 2. The molecule has 0 fully saturated rings. The van der Waals surface area contributed by atoms with Gasteiger partial charge in [0.05, 0.1) is 0 Å². The molecule has 0 radical (unpaired) electrons. The standard InChI is InChI=1S/C6H5BrO3S/c7-5-1-3-6(4-2-5)10-11(8)9/h1-4H,(H,8,9). The minimum atomic E-state index is -2.24. The highest BCUT2D eigenvalue weighted by Crippen LogP contribution is 2.16. The van der Waals surface area contributed by atoms with Crippen LogP contribution < -0.4 is 4.18 Å². The molecular formula is C6H5BrO3S. The van der Waals surface area contributed by atoms with Crippen LogP contribution in [0.4, 0.5) is 0 Å². The lowest BCUT2D eigenvalue weighted by molar-refractivity contribution is 0.458. The molecule has 0 saturated heterocycles.